The van der Waals surface area contributed by atoms with Crippen LogP contribution in [0.4, 0.5) is 11.6 Å². The highest BCUT2D eigenvalue weighted by atomic mass is 15.3. The number of aryl methyl sites for hydroxylation is 1. The van der Waals surface area contributed by atoms with Gasteiger partial charge in [0.15, 0.2) is 5.82 Å². The van der Waals surface area contributed by atoms with Gasteiger partial charge in [-0.25, -0.2) is 9.97 Å². The Hall–Kier alpha value is -2.18. The Morgan fingerprint density at radius 1 is 1.14 bits per heavy atom. The van der Waals surface area contributed by atoms with E-state index in [0.717, 1.165) is 36.4 Å². The summed E-state index contributed by atoms with van der Waals surface area (Å²) in [5.41, 5.74) is 0. The van der Waals surface area contributed by atoms with Crippen LogP contribution in [0.5, 0.6) is 0 Å². The fourth-order valence-electron chi connectivity index (χ4n) is 1.94. The van der Waals surface area contributed by atoms with Gasteiger partial charge < -0.3 is 15.2 Å². The molecule has 2 N–H and O–H groups in total. The fourth-order valence-corrected chi connectivity index (χ4v) is 1.94. The van der Waals surface area contributed by atoms with Crippen molar-refractivity contribution in [3.05, 3.63) is 24.0 Å². The Labute approximate surface area is 125 Å². The third-order valence-electron chi connectivity index (χ3n) is 3.08. The second kappa shape index (κ2) is 7.01. The lowest BCUT2D eigenvalue weighted by molar-refractivity contribution is 0.706. The molecule has 0 amide bonds. The standard InChI is InChI=1S/C14H23N7/c1-5-15-11-7-12(19-14(18-11)10(3)4)16-8-13-20-17-9-21(13)6-2/h7,9-10H,5-6,8H2,1-4H3,(H2,15,16,18,19). The average molecular weight is 289 g/mol. The van der Waals surface area contributed by atoms with E-state index in [2.05, 4.69) is 51.6 Å². The predicted octanol–water partition coefficient (Wildman–Crippen LogP) is 2.26. The van der Waals surface area contributed by atoms with Crippen LogP contribution in [0.2, 0.25) is 0 Å². The van der Waals surface area contributed by atoms with Crippen LogP contribution in [0.25, 0.3) is 0 Å². The summed E-state index contributed by atoms with van der Waals surface area (Å²) in [6.45, 7) is 10.6. The largest absolute Gasteiger partial charge is 0.370 e. The van der Waals surface area contributed by atoms with Gasteiger partial charge in [-0.3, -0.25) is 0 Å². The molecule has 0 saturated carbocycles. The molecular formula is C14H23N7. The van der Waals surface area contributed by atoms with Gasteiger partial charge in [0.25, 0.3) is 0 Å². The minimum absolute atomic E-state index is 0.281. The number of nitrogens with zero attached hydrogens (tertiary/aromatic N) is 5. The second-order valence-corrected chi connectivity index (χ2v) is 5.07. The smallest absolute Gasteiger partial charge is 0.152 e. The Kier molecular flexibility index (Phi) is 5.08. The van der Waals surface area contributed by atoms with Gasteiger partial charge in [0.1, 0.15) is 23.8 Å². The van der Waals surface area contributed by atoms with Crippen molar-refractivity contribution in [2.75, 3.05) is 17.2 Å². The zero-order valence-electron chi connectivity index (χ0n) is 13.1. The molecule has 0 aliphatic carbocycles. The van der Waals surface area contributed by atoms with Crippen LogP contribution >= 0.6 is 0 Å². The molecule has 0 saturated heterocycles. The third kappa shape index (κ3) is 3.90. The minimum atomic E-state index is 0.281. The van der Waals surface area contributed by atoms with E-state index in [0.29, 0.717) is 6.54 Å². The van der Waals surface area contributed by atoms with E-state index < -0.39 is 0 Å². The van der Waals surface area contributed by atoms with Crippen LogP contribution in [-0.2, 0) is 13.1 Å². The van der Waals surface area contributed by atoms with E-state index in [-0.39, 0.29) is 5.92 Å². The maximum absolute atomic E-state index is 4.55. The number of nitrogens with one attached hydrogen (secondary N) is 2. The normalized spacial score (nSPS) is 10.9. The Morgan fingerprint density at radius 2 is 1.86 bits per heavy atom. The summed E-state index contributed by atoms with van der Waals surface area (Å²) in [7, 11) is 0. The van der Waals surface area contributed by atoms with E-state index >= 15 is 0 Å². The van der Waals surface area contributed by atoms with Gasteiger partial charge >= 0.3 is 0 Å². The molecule has 21 heavy (non-hydrogen) atoms. The van der Waals surface area contributed by atoms with Gasteiger partial charge in [-0.1, -0.05) is 13.8 Å². The maximum Gasteiger partial charge on any atom is 0.152 e. The van der Waals surface area contributed by atoms with Gasteiger partial charge in [-0.15, -0.1) is 10.2 Å². The van der Waals surface area contributed by atoms with E-state index in [1.807, 2.05) is 17.6 Å². The van der Waals surface area contributed by atoms with Crippen LogP contribution in [0, 0.1) is 0 Å². The van der Waals surface area contributed by atoms with Crippen LogP contribution in [0.15, 0.2) is 12.4 Å². The molecule has 0 unspecified atom stereocenters. The highest BCUT2D eigenvalue weighted by molar-refractivity contribution is 5.47. The van der Waals surface area contributed by atoms with Gasteiger partial charge in [-0.05, 0) is 13.8 Å². The molecule has 0 aliphatic rings. The van der Waals surface area contributed by atoms with Gasteiger partial charge in [0.05, 0.1) is 6.54 Å². The third-order valence-corrected chi connectivity index (χ3v) is 3.08. The van der Waals surface area contributed by atoms with Crippen molar-refractivity contribution in [1.29, 1.82) is 0 Å². The minimum Gasteiger partial charge on any atom is -0.370 e. The van der Waals surface area contributed by atoms with Crippen LogP contribution in [0.1, 0.15) is 45.3 Å². The molecule has 0 fully saturated rings. The van der Waals surface area contributed by atoms with Crippen molar-refractivity contribution in [2.45, 2.75) is 46.7 Å². The molecule has 114 valence electrons. The summed E-state index contributed by atoms with van der Waals surface area (Å²) in [5, 5.41) is 14.6. The Balaban J connectivity index is 2.15. The van der Waals surface area contributed by atoms with E-state index in [1.54, 1.807) is 6.33 Å². The molecule has 0 atom stereocenters. The van der Waals surface area contributed by atoms with Gasteiger partial charge in [-0.2, -0.15) is 0 Å². The lowest BCUT2D eigenvalue weighted by Gasteiger charge is -2.12. The number of aromatic nitrogens is 5. The first-order valence-corrected chi connectivity index (χ1v) is 7.37. The molecule has 7 nitrogen and oxygen atoms in total. The Morgan fingerprint density at radius 3 is 2.48 bits per heavy atom. The molecule has 2 aromatic rings. The average Bonchev–Trinajstić information content (AvgIpc) is 2.92. The quantitative estimate of drug-likeness (QED) is 0.813. The Bertz CT molecular complexity index is 576. The first kappa shape index (κ1) is 15.2. The summed E-state index contributed by atoms with van der Waals surface area (Å²) >= 11 is 0. The number of anilines is 2. The van der Waals surface area contributed by atoms with E-state index in [4.69, 9.17) is 0 Å². The lowest BCUT2D eigenvalue weighted by atomic mass is 10.2. The van der Waals surface area contributed by atoms with Gasteiger partial charge in [0, 0.05) is 25.1 Å². The molecule has 0 spiro atoms. The maximum atomic E-state index is 4.55. The van der Waals surface area contributed by atoms with Crippen molar-refractivity contribution in [3.8, 4) is 0 Å². The first-order valence-electron chi connectivity index (χ1n) is 7.37. The summed E-state index contributed by atoms with van der Waals surface area (Å²) in [4.78, 5) is 9.06. The molecule has 0 bridgehead atoms. The van der Waals surface area contributed by atoms with E-state index in [1.165, 1.54) is 0 Å². The highest BCUT2D eigenvalue weighted by Crippen LogP contribution is 2.17. The molecule has 0 radical (unpaired) electrons. The van der Waals surface area contributed by atoms with Crippen molar-refractivity contribution < 1.29 is 0 Å². The number of hydrogen-bond acceptors (Lipinski definition) is 6. The van der Waals surface area contributed by atoms with E-state index in [9.17, 15) is 0 Å². The summed E-state index contributed by atoms with van der Waals surface area (Å²) in [5.74, 6) is 3.65. The highest BCUT2D eigenvalue weighted by Gasteiger charge is 2.09. The molecule has 2 rings (SSSR count). The molecular weight excluding hydrogens is 266 g/mol. The summed E-state index contributed by atoms with van der Waals surface area (Å²) in [6.07, 6.45) is 1.74. The number of hydrogen-bond donors (Lipinski definition) is 2. The van der Waals surface area contributed by atoms with Crippen LogP contribution in [-0.4, -0.2) is 31.3 Å². The van der Waals surface area contributed by atoms with Crippen molar-refractivity contribution in [3.63, 3.8) is 0 Å². The van der Waals surface area contributed by atoms with Crippen molar-refractivity contribution in [1.82, 2.24) is 24.7 Å². The first-order chi connectivity index (χ1) is 10.1. The predicted molar refractivity (Wildman–Crippen MR) is 83.3 cm³/mol. The van der Waals surface area contributed by atoms with Gasteiger partial charge in [0.2, 0.25) is 0 Å². The lowest BCUT2D eigenvalue weighted by Crippen LogP contribution is -2.11. The molecule has 0 aliphatic heterocycles. The van der Waals surface area contributed by atoms with Crippen LogP contribution < -0.4 is 10.6 Å². The summed E-state index contributed by atoms with van der Waals surface area (Å²) in [6, 6.07) is 1.92. The second-order valence-electron chi connectivity index (χ2n) is 5.07. The van der Waals surface area contributed by atoms with Crippen molar-refractivity contribution in [2.24, 2.45) is 0 Å². The zero-order valence-corrected chi connectivity index (χ0v) is 13.1. The molecule has 2 aromatic heterocycles. The molecule has 2 heterocycles. The topological polar surface area (TPSA) is 80.5 Å². The fraction of sp³-hybridized carbons (Fsp3) is 0.571. The summed E-state index contributed by atoms with van der Waals surface area (Å²) < 4.78 is 2.00. The van der Waals surface area contributed by atoms with Crippen LogP contribution in [0.3, 0.4) is 0 Å². The zero-order chi connectivity index (χ0) is 15.2. The molecule has 7 heteroatoms. The monoisotopic (exact) mass is 289 g/mol. The molecule has 0 aromatic carbocycles. The SMILES string of the molecule is CCNc1cc(NCc2nncn2CC)nc(C(C)C)n1. The van der Waals surface area contributed by atoms with Crippen molar-refractivity contribution >= 4 is 11.6 Å². The number of rotatable bonds is 7.